The highest BCUT2D eigenvalue weighted by Crippen LogP contribution is 2.76. The lowest BCUT2D eigenvalue weighted by Crippen LogP contribution is -2.71. The van der Waals surface area contributed by atoms with Crippen LogP contribution in [0.2, 0.25) is 0 Å². The van der Waals surface area contributed by atoms with Gasteiger partial charge in [-0.15, -0.1) is 0 Å². The van der Waals surface area contributed by atoms with E-state index in [0.717, 1.165) is 19.3 Å². The molecule has 8 fully saturated rings. The molecule has 0 amide bonds. The summed E-state index contributed by atoms with van der Waals surface area (Å²) in [5.41, 5.74) is -3.68. The zero-order valence-corrected chi connectivity index (χ0v) is 39.7. The summed E-state index contributed by atoms with van der Waals surface area (Å²) in [5.74, 6) is -0.465. The lowest BCUT2D eigenvalue weighted by molar-refractivity contribution is -0.383. The zero-order valence-electron chi connectivity index (χ0n) is 39.7. The molecule has 0 bridgehead atoms. The number of aliphatic hydroxyl groups excluding tert-OH is 11. The van der Waals surface area contributed by atoms with Crippen LogP contribution < -0.4 is 0 Å². The van der Waals surface area contributed by atoms with Crippen LogP contribution in [0.3, 0.4) is 0 Å². The van der Waals surface area contributed by atoms with Crippen LogP contribution in [0, 0.1) is 45.3 Å². The van der Waals surface area contributed by atoms with Crippen molar-refractivity contribution in [2.24, 2.45) is 45.3 Å². The third kappa shape index (κ3) is 8.16. The second kappa shape index (κ2) is 18.1. The molecule has 66 heavy (non-hydrogen) atoms. The van der Waals surface area contributed by atoms with Crippen molar-refractivity contribution >= 4 is 0 Å². The van der Waals surface area contributed by atoms with E-state index in [1.54, 1.807) is 13.8 Å². The molecule has 4 aliphatic heterocycles. The van der Waals surface area contributed by atoms with Crippen molar-refractivity contribution in [3.63, 3.8) is 0 Å². The first-order valence-electron chi connectivity index (χ1n) is 24.3. The van der Waals surface area contributed by atoms with Gasteiger partial charge in [-0.3, -0.25) is 0 Å². The highest BCUT2D eigenvalue weighted by molar-refractivity contribution is 5.22. The topological polar surface area (TPSA) is 307 Å². The molecule has 12 N–H and O–H groups in total. The van der Waals surface area contributed by atoms with Crippen LogP contribution in [-0.2, 0) is 33.2 Å². The Labute approximate surface area is 387 Å². The van der Waals surface area contributed by atoms with E-state index >= 15 is 0 Å². The molecule has 4 saturated carbocycles. The molecule has 0 aromatic carbocycles. The normalized spacial score (nSPS) is 56.4. The van der Waals surface area contributed by atoms with Crippen LogP contribution in [0.5, 0.6) is 0 Å². The number of hydrogen-bond acceptors (Lipinski definition) is 19. The first-order chi connectivity index (χ1) is 30.7. The van der Waals surface area contributed by atoms with Crippen LogP contribution in [0.25, 0.3) is 0 Å². The molecule has 4 saturated heterocycles. The van der Waals surface area contributed by atoms with Gasteiger partial charge in [0.25, 0.3) is 0 Å². The van der Waals surface area contributed by atoms with Crippen molar-refractivity contribution in [2.75, 3.05) is 19.8 Å². The number of fused-ring (bicyclic) bond motifs is 5. The summed E-state index contributed by atoms with van der Waals surface area (Å²) in [6.45, 7) is 14.7. The molecule has 0 spiro atoms. The minimum absolute atomic E-state index is 0.000363. The molecule has 382 valence electrons. The van der Waals surface area contributed by atoms with Gasteiger partial charge in [0.1, 0.15) is 67.1 Å². The largest absolute Gasteiger partial charge is 0.394 e. The summed E-state index contributed by atoms with van der Waals surface area (Å²) < 4.78 is 43.3. The van der Waals surface area contributed by atoms with Gasteiger partial charge >= 0.3 is 0 Å². The monoisotopic (exact) mass is 949 g/mol. The van der Waals surface area contributed by atoms with Gasteiger partial charge in [0.15, 0.2) is 18.9 Å². The van der Waals surface area contributed by atoms with Crippen LogP contribution >= 0.6 is 0 Å². The van der Waals surface area contributed by atoms with Gasteiger partial charge in [-0.1, -0.05) is 34.6 Å². The van der Waals surface area contributed by atoms with E-state index in [9.17, 15) is 61.3 Å². The quantitative estimate of drug-likeness (QED) is 0.114. The molecule has 0 unspecified atom stereocenters. The summed E-state index contributed by atoms with van der Waals surface area (Å²) in [4.78, 5) is 0. The van der Waals surface area contributed by atoms with Crippen molar-refractivity contribution in [3.8, 4) is 0 Å². The molecule has 8 aliphatic rings. The summed E-state index contributed by atoms with van der Waals surface area (Å²) in [5, 5.41) is 132. The molecular weight excluding hydrogens is 868 g/mol. The van der Waals surface area contributed by atoms with Crippen molar-refractivity contribution in [1.29, 1.82) is 0 Å². The van der Waals surface area contributed by atoms with Gasteiger partial charge < -0.3 is 94.4 Å². The highest BCUT2D eigenvalue weighted by Gasteiger charge is 2.74. The number of aliphatic hydroxyl groups is 12. The summed E-state index contributed by atoms with van der Waals surface area (Å²) in [6, 6.07) is 0. The van der Waals surface area contributed by atoms with Gasteiger partial charge in [-0.05, 0) is 117 Å². The van der Waals surface area contributed by atoms with Crippen LogP contribution in [-0.4, -0.2) is 203 Å². The highest BCUT2D eigenvalue weighted by atomic mass is 16.8. The summed E-state index contributed by atoms with van der Waals surface area (Å²) >= 11 is 0. The number of rotatable bonds is 10. The smallest absolute Gasteiger partial charge is 0.187 e. The van der Waals surface area contributed by atoms with Crippen LogP contribution in [0.1, 0.15) is 107 Å². The molecule has 4 heterocycles. The van der Waals surface area contributed by atoms with E-state index in [4.69, 9.17) is 33.2 Å². The van der Waals surface area contributed by atoms with Gasteiger partial charge in [-0.25, -0.2) is 0 Å². The predicted octanol–water partition coefficient (Wildman–Crippen LogP) is -1.21. The predicted molar refractivity (Wildman–Crippen MR) is 228 cm³/mol. The van der Waals surface area contributed by atoms with Gasteiger partial charge in [0, 0.05) is 0 Å². The second-order valence-corrected chi connectivity index (χ2v) is 23.6. The molecule has 26 atom stereocenters. The zero-order chi connectivity index (χ0) is 48.4. The SMILES string of the molecule is CC(C)(O)[C@@H]1CC[C@@](C)([C@H]2CC[C@]3(C)[C@@H]2[C@H](O)C[C@@H]2[C@@]4(C)CC[C@H](O)C(C)(C)[C@@H]4[C@@H](O[C@@H]4O[C@H](CO)[C@@H](O)[C@H](O)[C@H]4O[C@@H]4OC[C@@H](O[C@H]5O[C@H](CO)[C@@H](O)[C@H](O)[C@H]5O)[C@H](O)[C@H]4O)C[C@]23C)O1. The van der Waals surface area contributed by atoms with E-state index in [0.29, 0.717) is 32.1 Å². The third-order valence-electron chi connectivity index (χ3n) is 19.1. The maximum atomic E-state index is 12.5. The molecule has 19 heteroatoms. The fourth-order valence-corrected chi connectivity index (χ4v) is 15.3. The molecule has 0 aromatic heterocycles. The van der Waals surface area contributed by atoms with E-state index in [1.807, 2.05) is 13.8 Å². The van der Waals surface area contributed by atoms with Crippen molar-refractivity contribution in [2.45, 2.75) is 228 Å². The first-order valence-corrected chi connectivity index (χ1v) is 24.3. The Morgan fingerprint density at radius 1 is 0.621 bits per heavy atom. The summed E-state index contributed by atoms with van der Waals surface area (Å²) in [6.07, 6.45) is -19.7. The van der Waals surface area contributed by atoms with E-state index < -0.39 is 157 Å². The van der Waals surface area contributed by atoms with E-state index in [-0.39, 0.29) is 29.8 Å². The average molecular weight is 949 g/mol. The Morgan fingerprint density at radius 3 is 1.85 bits per heavy atom. The number of hydrogen-bond donors (Lipinski definition) is 12. The van der Waals surface area contributed by atoms with Gasteiger partial charge in [0.05, 0.1) is 55.4 Å². The Morgan fingerprint density at radius 2 is 1.23 bits per heavy atom. The van der Waals surface area contributed by atoms with E-state index in [1.165, 1.54) is 0 Å². The third-order valence-corrected chi connectivity index (χ3v) is 19.1. The Kier molecular flexibility index (Phi) is 14.1. The number of ether oxygens (including phenoxy) is 7. The fraction of sp³-hybridized carbons (Fsp3) is 1.00. The van der Waals surface area contributed by atoms with Crippen LogP contribution in [0.4, 0.5) is 0 Å². The maximum absolute atomic E-state index is 12.5. The van der Waals surface area contributed by atoms with Crippen molar-refractivity contribution in [3.05, 3.63) is 0 Å². The van der Waals surface area contributed by atoms with Crippen molar-refractivity contribution < 1.29 is 94.4 Å². The minimum atomic E-state index is -1.87. The van der Waals surface area contributed by atoms with Crippen LogP contribution in [0.15, 0.2) is 0 Å². The Balaban J connectivity index is 1.08. The second-order valence-electron chi connectivity index (χ2n) is 23.6. The molecular formula is C47H80O19. The lowest BCUT2D eigenvalue weighted by atomic mass is 9.34. The molecule has 0 aromatic rings. The maximum Gasteiger partial charge on any atom is 0.187 e. The van der Waals surface area contributed by atoms with Gasteiger partial charge in [0.2, 0.25) is 0 Å². The fourth-order valence-electron chi connectivity index (χ4n) is 15.3. The van der Waals surface area contributed by atoms with Gasteiger partial charge in [-0.2, -0.15) is 0 Å². The van der Waals surface area contributed by atoms with E-state index in [2.05, 4.69) is 27.7 Å². The first kappa shape index (κ1) is 51.6. The molecule has 0 radical (unpaired) electrons. The average Bonchev–Trinajstić information content (AvgIpc) is 3.85. The minimum Gasteiger partial charge on any atom is -0.394 e. The Hall–Kier alpha value is -0.760. The molecule has 8 rings (SSSR count). The standard InChI is InChI=1S/C47H80O19/c1-42(2)27(51)10-12-44(5)26-15-21(50)29-20(47(8)14-11-28(66-47)43(3,4)59)9-13-45(29,6)46(26,7)16-22(38(42)44)61-41-37(34(56)31(53)24(18-49)63-41)65-39-35(57)32(54)25(19-60-39)64-40-36(58)33(55)30(52)23(17-48)62-40/h20-41,48-59H,9-19H2,1-8H3/t20-,21+,22-,23+,24+,25+,26+,27-,28-,29-,30+,31+,32-,33-,34-,35+,36+,37+,38-,39-,40+,41+,44+,45+,46+,47-/m0/s1. The molecule has 19 nitrogen and oxygen atoms in total. The lowest BCUT2D eigenvalue weighted by Gasteiger charge is -2.72. The van der Waals surface area contributed by atoms with Crippen molar-refractivity contribution in [1.82, 2.24) is 0 Å². The summed E-state index contributed by atoms with van der Waals surface area (Å²) in [7, 11) is 0. The molecule has 4 aliphatic carbocycles. The Bertz CT molecular complexity index is 1700.